The maximum atomic E-state index is 13.1. The lowest BCUT2D eigenvalue weighted by Gasteiger charge is -2.08. The van der Waals surface area contributed by atoms with Crippen LogP contribution in [0.4, 0.5) is 4.39 Å². The predicted molar refractivity (Wildman–Crippen MR) is 54.0 cm³/mol. The van der Waals surface area contributed by atoms with Gasteiger partial charge in [-0.05, 0) is 31.5 Å². The summed E-state index contributed by atoms with van der Waals surface area (Å²) >= 11 is 0. The fourth-order valence-electron chi connectivity index (χ4n) is 1.92. The number of hydrogen-bond acceptors (Lipinski definition) is 2. The smallest absolute Gasteiger partial charge is 0.123 e. The van der Waals surface area contributed by atoms with E-state index in [0.717, 1.165) is 12.0 Å². The van der Waals surface area contributed by atoms with Crippen molar-refractivity contribution in [2.24, 2.45) is 5.41 Å². The number of hydrogen-bond donors (Lipinski definition) is 0. The zero-order valence-electron chi connectivity index (χ0n) is 8.75. The number of methoxy groups -OCH3 is 1. The maximum absolute atomic E-state index is 13.1. The van der Waals surface area contributed by atoms with Crippen molar-refractivity contribution in [3.63, 3.8) is 0 Å². The van der Waals surface area contributed by atoms with Gasteiger partial charge in [-0.2, -0.15) is 5.26 Å². The van der Waals surface area contributed by atoms with E-state index < -0.39 is 0 Å². The van der Waals surface area contributed by atoms with E-state index in [0.29, 0.717) is 5.75 Å². The lowest BCUT2D eigenvalue weighted by Crippen LogP contribution is -1.96. The molecule has 1 aromatic rings. The number of nitrogens with zero attached hydrogens (tertiary/aromatic N) is 1. The number of benzene rings is 1. The Hall–Kier alpha value is -1.56. The summed E-state index contributed by atoms with van der Waals surface area (Å²) in [4.78, 5) is 0. The SMILES string of the molecule is COc1ccc(F)cc1C1CC1(C)C#N. The molecule has 0 amide bonds. The highest BCUT2D eigenvalue weighted by Gasteiger charge is 2.52. The normalized spacial score (nSPS) is 28.3. The summed E-state index contributed by atoms with van der Waals surface area (Å²) < 4.78 is 18.3. The number of nitriles is 1. The van der Waals surface area contributed by atoms with E-state index >= 15 is 0 Å². The van der Waals surface area contributed by atoms with Gasteiger partial charge in [0, 0.05) is 11.5 Å². The minimum Gasteiger partial charge on any atom is -0.496 e. The number of ether oxygens (including phenoxy) is 1. The van der Waals surface area contributed by atoms with E-state index in [1.807, 2.05) is 6.92 Å². The lowest BCUT2D eigenvalue weighted by atomic mass is 10.0. The monoisotopic (exact) mass is 205 g/mol. The van der Waals surface area contributed by atoms with Crippen molar-refractivity contribution >= 4 is 0 Å². The van der Waals surface area contributed by atoms with Gasteiger partial charge in [0.1, 0.15) is 11.6 Å². The molecule has 0 bridgehead atoms. The average molecular weight is 205 g/mol. The molecule has 2 unspecified atom stereocenters. The molecule has 1 aliphatic rings. The number of rotatable bonds is 2. The van der Waals surface area contributed by atoms with Crippen LogP contribution in [0.25, 0.3) is 0 Å². The third-order valence-corrected chi connectivity index (χ3v) is 3.06. The molecule has 1 aromatic carbocycles. The van der Waals surface area contributed by atoms with Crippen LogP contribution in [0, 0.1) is 22.6 Å². The van der Waals surface area contributed by atoms with Crippen molar-refractivity contribution in [2.75, 3.05) is 7.11 Å². The van der Waals surface area contributed by atoms with E-state index in [4.69, 9.17) is 10.00 Å². The van der Waals surface area contributed by atoms with Gasteiger partial charge < -0.3 is 4.74 Å². The second-order valence-corrected chi connectivity index (χ2v) is 4.17. The molecule has 0 spiro atoms. The van der Waals surface area contributed by atoms with Gasteiger partial charge in [0.15, 0.2) is 0 Å². The average Bonchev–Trinajstić information content (AvgIpc) is 2.92. The largest absolute Gasteiger partial charge is 0.496 e. The molecule has 0 saturated heterocycles. The quantitative estimate of drug-likeness (QED) is 0.743. The van der Waals surface area contributed by atoms with Crippen LogP contribution in [0.1, 0.15) is 24.8 Å². The highest BCUT2D eigenvalue weighted by molar-refractivity contribution is 5.43. The van der Waals surface area contributed by atoms with E-state index in [-0.39, 0.29) is 17.2 Å². The van der Waals surface area contributed by atoms with Crippen molar-refractivity contribution in [2.45, 2.75) is 19.3 Å². The Morgan fingerprint density at radius 1 is 1.60 bits per heavy atom. The molecule has 1 fully saturated rings. The van der Waals surface area contributed by atoms with E-state index in [9.17, 15) is 4.39 Å². The van der Waals surface area contributed by atoms with Crippen LogP contribution < -0.4 is 4.74 Å². The van der Waals surface area contributed by atoms with E-state index in [2.05, 4.69) is 6.07 Å². The van der Waals surface area contributed by atoms with Crippen LogP contribution in [-0.4, -0.2) is 7.11 Å². The maximum Gasteiger partial charge on any atom is 0.123 e. The Balaban J connectivity index is 2.38. The van der Waals surface area contributed by atoms with Gasteiger partial charge >= 0.3 is 0 Å². The van der Waals surface area contributed by atoms with Gasteiger partial charge in [-0.1, -0.05) is 0 Å². The molecule has 2 atom stereocenters. The third-order valence-electron chi connectivity index (χ3n) is 3.06. The molecule has 1 saturated carbocycles. The van der Waals surface area contributed by atoms with Crippen molar-refractivity contribution in [1.82, 2.24) is 0 Å². The van der Waals surface area contributed by atoms with Crippen LogP contribution in [0.15, 0.2) is 18.2 Å². The molecule has 3 heteroatoms. The predicted octanol–water partition coefficient (Wildman–Crippen LogP) is 2.85. The second-order valence-electron chi connectivity index (χ2n) is 4.17. The van der Waals surface area contributed by atoms with Crippen LogP contribution in [0.3, 0.4) is 0 Å². The van der Waals surface area contributed by atoms with Gasteiger partial charge in [0.05, 0.1) is 18.6 Å². The molecule has 0 aliphatic heterocycles. The molecule has 0 N–H and O–H groups in total. The fourth-order valence-corrected chi connectivity index (χ4v) is 1.92. The van der Waals surface area contributed by atoms with Crippen molar-refractivity contribution in [1.29, 1.82) is 5.26 Å². The van der Waals surface area contributed by atoms with Crippen molar-refractivity contribution in [3.05, 3.63) is 29.6 Å². The zero-order chi connectivity index (χ0) is 11.1. The van der Waals surface area contributed by atoms with Crippen LogP contribution >= 0.6 is 0 Å². The highest BCUT2D eigenvalue weighted by atomic mass is 19.1. The van der Waals surface area contributed by atoms with E-state index in [1.165, 1.54) is 12.1 Å². The first kappa shape index (κ1) is 9.97. The molecule has 15 heavy (non-hydrogen) atoms. The van der Waals surface area contributed by atoms with E-state index in [1.54, 1.807) is 13.2 Å². The minimum absolute atomic E-state index is 0.105. The third kappa shape index (κ3) is 1.56. The van der Waals surface area contributed by atoms with Crippen LogP contribution in [0.2, 0.25) is 0 Å². The molecule has 1 aliphatic carbocycles. The topological polar surface area (TPSA) is 33.0 Å². The first-order valence-electron chi connectivity index (χ1n) is 4.85. The molecular weight excluding hydrogens is 193 g/mol. The van der Waals surface area contributed by atoms with Crippen LogP contribution in [-0.2, 0) is 0 Å². The molecule has 78 valence electrons. The van der Waals surface area contributed by atoms with Gasteiger partial charge in [-0.15, -0.1) is 0 Å². The van der Waals surface area contributed by atoms with Gasteiger partial charge in [0.25, 0.3) is 0 Å². The minimum atomic E-state index is -0.346. The molecule has 2 rings (SSSR count). The summed E-state index contributed by atoms with van der Waals surface area (Å²) in [7, 11) is 1.56. The molecule has 0 heterocycles. The van der Waals surface area contributed by atoms with Crippen LogP contribution in [0.5, 0.6) is 5.75 Å². The molecular formula is C12H12FNO. The summed E-state index contributed by atoms with van der Waals surface area (Å²) in [6, 6.07) is 6.70. The first-order chi connectivity index (χ1) is 7.10. The summed E-state index contributed by atoms with van der Waals surface area (Å²) in [5.41, 5.74) is 0.461. The lowest BCUT2D eigenvalue weighted by molar-refractivity contribution is 0.407. The Morgan fingerprint density at radius 3 is 2.87 bits per heavy atom. The zero-order valence-corrected chi connectivity index (χ0v) is 8.75. The first-order valence-corrected chi connectivity index (χ1v) is 4.85. The Kier molecular flexibility index (Phi) is 2.15. The molecule has 0 radical (unpaired) electrons. The molecule has 2 nitrogen and oxygen atoms in total. The van der Waals surface area contributed by atoms with Gasteiger partial charge in [-0.3, -0.25) is 0 Å². The molecule has 0 aromatic heterocycles. The second kappa shape index (κ2) is 3.23. The summed E-state index contributed by atoms with van der Waals surface area (Å²) in [5.74, 6) is 0.492. The summed E-state index contributed by atoms with van der Waals surface area (Å²) in [6.07, 6.45) is 0.781. The number of halogens is 1. The Bertz CT molecular complexity index is 438. The highest BCUT2D eigenvalue weighted by Crippen LogP contribution is 2.60. The Morgan fingerprint density at radius 2 is 2.33 bits per heavy atom. The summed E-state index contributed by atoms with van der Waals surface area (Å²) in [5, 5.41) is 8.95. The van der Waals surface area contributed by atoms with Crippen molar-refractivity contribution in [3.8, 4) is 11.8 Å². The standard InChI is InChI=1S/C12H12FNO/c1-12(7-14)6-10(12)9-5-8(13)3-4-11(9)15-2/h3-5,10H,6H2,1-2H3. The fraction of sp³-hybridized carbons (Fsp3) is 0.417. The van der Waals surface area contributed by atoms with Gasteiger partial charge in [0.2, 0.25) is 0 Å². The summed E-state index contributed by atoms with van der Waals surface area (Å²) in [6.45, 7) is 1.89. The Labute approximate surface area is 88.3 Å². The van der Waals surface area contributed by atoms with Gasteiger partial charge in [-0.25, -0.2) is 4.39 Å². The van der Waals surface area contributed by atoms with Crippen molar-refractivity contribution < 1.29 is 9.13 Å².